The van der Waals surface area contributed by atoms with Crippen molar-refractivity contribution in [3.05, 3.63) is 64.2 Å². The quantitative estimate of drug-likeness (QED) is 0.854. The van der Waals surface area contributed by atoms with Crippen molar-refractivity contribution in [3.63, 3.8) is 0 Å². The normalized spacial score (nSPS) is 24.9. The first-order valence-electron chi connectivity index (χ1n) is 8.07. The Labute approximate surface area is 151 Å². The van der Waals surface area contributed by atoms with E-state index in [-0.39, 0.29) is 18.0 Å². The molecule has 1 spiro atoms. The Balaban J connectivity index is 1.87. The van der Waals surface area contributed by atoms with Crippen LogP contribution in [0.1, 0.15) is 29.2 Å². The molecule has 2 aromatic carbocycles. The molecule has 0 saturated heterocycles. The molecule has 2 aliphatic rings. The van der Waals surface area contributed by atoms with Crippen LogP contribution in [0.2, 0.25) is 5.02 Å². The molecule has 1 amide bonds. The Hall–Kier alpha value is -2.53. The van der Waals surface area contributed by atoms with E-state index < -0.39 is 5.54 Å². The predicted molar refractivity (Wildman–Crippen MR) is 96.7 cm³/mol. The standard InChI is InChI=1S/C19H18ClN3O2/c1-11-3-8-15-14(9-11)19(17(24)23(2)18(21)22-19)10-16(25-15)12-4-6-13(20)7-5-12/h3-9,16H,10H2,1-2H3,(H2,21,22). The van der Waals surface area contributed by atoms with E-state index in [4.69, 9.17) is 22.1 Å². The van der Waals surface area contributed by atoms with Gasteiger partial charge < -0.3 is 10.5 Å². The molecule has 2 unspecified atom stereocenters. The molecule has 2 N–H and O–H groups in total. The zero-order chi connectivity index (χ0) is 17.8. The van der Waals surface area contributed by atoms with Crippen molar-refractivity contribution in [2.45, 2.75) is 25.0 Å². The number of aliphatic imine (C=N–C) groups is 1. The fraction of sp³-hybridized carbons (Fsp3) is 0.263. The van der Waals surface area contributed by atoms with E-state index in [1.807, 2.05) is 49.4 Å². The smallest absolute Gasteiger partial charge is 0.261 e. The van der Waals surface area contributed by atoms with Gasteiger partial charge in [-0.3, -0.25) is 9.69 Å². The highest BCUT2D eigenvalue weighted by Crippen LogP contribution is 2.49. The summed E-state index contributed by atoms with van der Waals surface area (Å²) in [5.74, 6) is 0.769. The van der Waals surface area contributed by atoms with E-state index in [0.717, 1.165) is 16.7 Å². The zero-order valence-corrected chi connectivity index (χ0v) is 14.7. The number of amides is 1. The van der Waals surface area contributed by atoms with Gasteiger partial charge in [-0.25, -0.2) is 4.99 Å². The van der Waals surface area contributed by atoms with E-state index in [1.165, 1.54) is 4.90 Å². The molecule has 25 heavy (non-hydrogen) atoms. The number of nitrogens with two attached hydrogens (primary N) is 1. The molecule has 0 fully saturated rings. The first-order chi connectivity index (χ1) is 11.9. The Morgan fingerprint density at radius 1 is 1.28 bits per heavy atom. The number of hydrogen-bond acceptors (Lipinski definition) is 4. The largest absolute Gasteiger partial charge is 0.485 e. The van der Waals surface area contributed by atoms with Gasteiger partial charge in [0.2, 0.25) is 0 Å². The van der Waals surface area contributed by atoms with Crippen LogP contribution in [0, 0.1) is 6.92 Å². The van der Waals surface area contributed by atoms with Crippen molar-refractivity contribution in [1.82, 2.24) is 4.90 Å². The molecular weight excluding hydrogens is 338 g/mol. The molecule has 0 aromatic heterocycles. The van der Waals surface area contributed by atoms with E-state index in [9.17, 15) is 4.79 Å². The number of likely N-dealkylation sites (N-methyl/N-ethyl adjacent to an activating group) is 1. The minimum Gasteiger partial charge on any atom is -0.485 e. The van der Waals surface area contributed by atoms with Gasteiger partial charge in [-0.15, -0.1) is 0 Å². The predicted octanol–water partition coefficient (Wildman–Crippen LogP) is 3.15. The van der Waals surface area contributed by atoms with Crippen LogP contribution in [0.3, 0.4) is 0 Å². The van der Waals surface area contributed by atoms with Crippen LogP contribution in [0.4, 0.5) is 0 Å². The van der Waals surface area contributed by atoms with Crippen molar-refractivity contribution < 1.29 is 9.53 Å². The summed E-state index contributed by atoms with van der Waals surface area (Å²) in [4.78, 5) is 19.0. The molecular formula is C19H18ClN3O2. The third-order valence-electron chi connectivity index (χ3n) is 4.88. The number of aryl methyl sites for hydroxylation is 1. The van der Waals surface area contributed by atoms with Crippen molar-refractivity contribution >= 4 is 23.5 Å². The van der Waals surface area contributed by atoms with Gasteiger partial charge in [-0.1, -0.05) is 35.4 Å². The van der Waals surface area contributed by atoms with Crippen LogP contribution < -0.4 is 10.5 Å². The Morgan fingerprint density at radius 3 is 2.64 bits per heavy atom. The SMILES string of the molecule is Cc1ccc2c(c1)C1(CC(c3ccc(Cl)cc3)O2)N=C(N)N(C)C1=O. The summed E-state index contributed by atoms with van der Waals surface area (Å²) in [5, 5.41) is 0.657. The lowest BCUT2D eigenvalue weighted by atomic mass is 9.79. The number of benzene rings is 2. The first-order valence-corrected chi connectivity index (χ1v) is 8.45. The van der Waals surface area contributed by atoms with Crippen molar-refractivity contribution in [2.75, 3.05) is 7.05 Å². The van der Waals surface area contributed by atoms with Crippen LogP contribution in [0.25, 0.3) is 0 Å². The number of rotatable bonds is 1. The second-order valence-corrected chi connectivity index (χ2v) is 6.99. The Morgan fingerprint density at radius 2 is 2.00 bits per heavy atom. The van der Waals surface area contributed by atoms with Gasteiger partial charge in [-0.05, 0) is 36.8 Å². The van der Waals surface area contributed by atoms with Gasteiger partial charge in [0.25, 0.3) is 5.91 Å². The maximum absolute atomic E-state index is 13.1. The molecule has 2 aromatic rings. The van der Waals surface area contributed by atoms with E-state index in [2.05, 4.69) is 4.99 Å². The summed E-state index contributed by atoms with van der Waals surface area (Å²) in [7, 11) is 1.65. The number of halogens is 1. The Bertz CT molecular complexity index is 894. The fourth-order valence-corrected chi connectivity index (χ4v) is 3.64. The molecule has 0 aliphatic carbocycles. The lowest BCUT2D eigenvalue weighted by Gasteiger charge is -2.37. The molecule has 6 heteroatoms. The first kappa shape index (κ1) is 16.0. The van der Waals surface area contributed by atoms with Gasteiger partial charge in [0.05, 0.1) is 0 Å². The van der Waals surface area contributed by atoms with Crippen LogP contribution in [-0.4, -0.2) is 23.8 Å². The molecule has 5 nitrogen and oxygen atoms in total. The van der Waals surface area contributed by atoms with Crippen LogP contribution >= 0.6 is 11.6 Å². The van der Waals surface area contributed by atoms with Gasteiger partial charge in [0.15, 0.2) is 11.5 Å². The fourth-order valence-electron chi connectivity index (χ4n) is 3.51. The number of carbonyl (C=O) groups is 1. The second kappa shape index (κ2) is 5.49. The summed E-state index contributed by atoms with van der Waals surface area (Å²) in [6, 6.07) is 13.3. The number of carbonyl (C=O) groups excluding carboxylic acids is 1. The van der Waals surface area contributed by atoms with Gasteiger partial charge in [0.1, 0.15) is 11.9 Å². The average Bonchev–Trinajstić information content (AvgIpc) is 2.81. The highest BCUT2D eigenvalue weighted by atomic mass is 35.5. The monoisotopic (exact) mass is 355 g/mol. The molecule has 2 atom stereocenters. The minimum absolute atomic E-state index is 0.126. The van der Waals surface area contributed by atoms with E-state index in [0.29, 0.717) is 17.2 Å². The number of guanidine groups is 1. The van der Waals surface area contributed by atoms with Gasteiger partial charge in [-0.2, -0.15) is 0 Å². The molecule has 2 aliphatic heterocycles. The third-order valence-corrected chi connectivity index (χ3v) is 5.13. The molecule has 0 saturated carbocycles. The van der Waals surface area contributed by atoms with Gasteiger partial charge >= 0.3 is 0 Å². The average molecular weight is 356 g/mol. The molecule has 128 valence electrons. The summed E-state index contributed by atoms with van der Waals surface area (Å²) in [6.07, 6.45) is 0.0917. The van der Waals surface area contributed by atoms with Crippen molar-refractivity contribution in [2.24, 2.45) is 10.7 Å². The summed E-state index contributed by atoms with van der Waals surface area (Å²) in [6.45, 7) is 1.98. The van der Waals surface area contributed by atoms with Gasteiger partial charge in [0, 0.05) is 24.1 Å². The second-order valence-electron chi connectivity index (χ2n) is 6.56. The van der Waals surface area contributed by atoms with Crippen LogP contribution in [0.15, 0.2) is 47.5 Å². The van der Waals surface area contributed by atoms with E-state index in [1.54, 1.807) is 7.05 Å². The number of fused-ring (bicyclic) bond motifs is 2. The highest BCUT2D eigenvalue weighted by molar-refractivity contribution is 6.30. The number of hydrogen-bond donors (Lipinski definition) is 1. The number of ether oxygens (including phenoxy) is 1. The zero-order valence-electron chi connectivity index (χ0n) is 14.0. The summed E-state index contributed by atoms with van der Waals surface area (Å²) in [5.41, 5.74) is 7.70. The van der Waals surface area contributed by atoms with Crippen molar-refractivity contribution in [1.29, 1.82) is 0 Å². The van der Waals surface area contributed by atoms with Crippen LogP contribution in [0.5, 0.6) is 5.75 Å². The molecule has 0 radical (unpaired) electrons. The Kier molecular flexibility index (Phi) is 3.51. The lowest BCUT2D eigenvalue weighted by molar-refractivity contribution is -0.132. The number of nitrogens with zero attached hydrogens (tertiary/aromatic N) is 2. The lowest BCUT2D eigenvalue weighted by Crippen LogP contribution is -2.43. The maximum atomic E-state index is 13.1. The van der Waals surface area contributed by atoms with Crippen molar-refractivity contribution in [3.8, 4) is 5.75 Å². The highest BCUT2D eigenvalue weighted by Gasteiger charge is 2.53. The summed E-state index contributed by atoms with van der Waals surface area (Å²) >= 11 is 5.99. The third kappa shape index (κ3) is 2.38. The van der Waals surface area contributed by atoms with E-state index >= 15 is 0 Å². The maximum Gasteiger partial charge on any atom is 0.261 e. The topological polar surface area (TPSA) is 67.9 Å². The minimum atomic E-state index is -1.04. The molecule has 4 rings (SSSR count). The summed E-state index contributed by atoms with van der Waals surface area (Å²) < 4.78 is 6.19. The molecule has 0 bridgehead atoms. The molecule has 2 heterocycles. The van der Waals surface area contributed by atoms with Crippen LogP contribution in [-0.2, 0) is 10.3 Å².